The summed E-state index contributed by atoms with van der Waals surface area (Å²) in [6.07, 6.45) is -4.39. The van der Waals surface area contributed by atoms with Crippen LogP contribution in [-0.2, 0) is 6.18 Å². The number of piperazine rings is 1. The van der Waals surface area contributed by atoms with Crippen LogP contribution in [0.3, 0.4) is 0 Å². The van der Waals surface area contributed by atoms with Crippen molar-refractivity contribution in [3.63, 3.8) is 0 Å². The molecule has 1 aliphatic rings. The van der Waals surface area contributed by atoms with Crippen molar-refractivity contribution >= 4 is 17.3 Å². The predicted octanol–water partition coefficient (Wildman–Crippen LogP) is 2.77. The summed E-state index contributed by atoms with van der Waals surface area (Å²) in [7, 11) is 0. The van der Waals surface area contributed by atoms with Crippen LogP contribution in [0.5, 0.6) is 0 Å². The van der Waals surface area contributed by atoms with E-state index in [0.29, 0.717) is 0 Å². The van der Waals surface area contributed by atoms with Crippen LogP contribution in [0.2, 0.25) is 5.02 Å². The molecule has 2 rings (SSSR count). The molecule has 0 spiro atoms. The zero-order valence-electron chi connectivity index (χ0n) is 9.02. The SMILES string of the molecule is FC(F)(F)c1ccc(N2CCNCC2)cc1Cl. The lowest BCUT2D eigenvalue weighted by atomic mass is 10.1. The van der Waals surface area contributed by atoms with Crippen LogP contribution in [-0.4, -0.2) is 26.2 Å². The second-order valence-corrected chi connectivity index (χ2v) is 4.31. The van der Waals surface area contributed by atoms with E-state index >= 15 is 0 Å². The maximum atomic E-state index is 12.5. The van der Waals surface area contributed by atoms with Gasteiger partial charge in [-0.05, 0) is 18.2 Å². The summed E-state index contributed by atoms with van der Waals surface area (Å²) in [5.74, 6) is 0. The average molecular weight is 265 g/mol. The molecule has 1 saturated heterocycles. The van der Waals surface area contributed by atoms with E-state index in [9.17, 15) is 13.2 Å². The maximum Gasteiger partial charge on any atom is 0.417 e. The first kappa shape index (κ1) is 12.5. The molecule has 6 heteroatoms. The van der Waals surface area contributed by atoms with Crippen molar-refractivity contribution in [3.05, 3.63) is 28.8 Å². The Balaban J connectivity index is 2.24. The number of hydrogen-bond acceptors (Lipinski definition) is 2. The number of hydrogen-bond donors (Lipinski definition) is 1. The summed E-state index contributed by atoms with van der Waals surface area (Å²) in [4.78, 5) is 2.02. The average Bonchev–Trinajstić information content (AvgIpc) is 2.28. The van der Waals surface area contributed by atoms with Gasteiger partial charge in [0, 0.05) is 31.9 Å². The summed E-state index contributed by atoms with van der Waals surface area (Å²) >= 11 is 5.67. The molecule has 0 aliphatic carbocycles. The fourth-order valence-electron chi connectivity index (χ4n) is 1.85. The Morgan fingerprint density at radius 3 is 2.35 bits per heavy atom. The topological polar surface area (TPSA) is 15.3 Å². The molecular formula is C11H12ClF3N2. The van der Waals surface area contributed by atoms with Crippen molar-refractivity contribution in [2.45, 2.75) is 6.18 Å². The first-order valence-corrected chi connectivity index (χ1v) is 5.69. The highest BCUT2D eigenvalue weighted by atomic mass is 35.5. The molecule has 1 aromatic carbocycles. The largest absolute Gasteiger partial charge is 0.417 e. The van der Waals surface area contributed by atoms with Crippen molar-refractivity contribution < 1.29 is 13.2 Å². The van der Waals surface area contributed by atoms with Gasteiger partial charge in [0.05, 0.1) is 10.6 Å². The Bertz CT molecular complexity index is 400. The summed E-state index contributed by atoms with van der Waals surface area (Å²) in [6.45, 7) is 3.22. The van der Waals surface area contributed by atoms with Crippen molar-refractivity contribution in [2.75, 3.05) is 31.1 Å². The van der Waals surface area contributed by atoms with Crippen molar-refractivity contribution in [1.29, 1.82) is 0 Å². The van der Waals surface area contributed by atoms with E-state index in [1.54, 1.807) is 0 Å². The van der Waals surface area contributed by atoms with Crippen LogP contribution >= 0.6 is 11.6 Å². The standard InChI is InChI=1S/C11H12ClF3N2/c12-10-7-8(17-5-3-16-4-6-17)1-2-9(10)11(13,14)15/h1-2,7,16H,3-6H2. The third kappa shape index (κ3) is 2.84. The molecule has 2 nitrogen and oxygen atoms in total. The highest BCUT2D eigenvalue weighted by Crippen LogP contribution is 2.36. The summed E-state index contributed by atoms with van der Waals surface area (Å²) in [5, 5.41) is 2.94. The smallest absolute Gasteiger partial charge is 0.369 e. The molecular weight excluding hydrogens is 253 g/mol. The third-order valence-corrected chi connectivity index (χ3v) is 3.05. The quantitative estimate of drug-likeness (QED) is 0.839. The lowest BCUT2D eigenvalue weighted by Gasteiger charge is -2.29. The number of nitrogens with zero attached hydrogens (tertiary/aromatic N) is 1. The van der Waals surface area contributed by atoms with E-state index in [1.807, 2.05) is 4.90 Å². The Hall–Kier alpha value is -0.940. The summed E-state index contributed by atoms with van der Waals surface area (Å²) in [5.41, 5.74) is -0.0393. The van der Waals surface area contributed by atoms with Gasteiger partial charge in [0.2, 0.25) is 0 Å². The van der Waals surface area contributed by atoms with Gasteiger partial charge in [0.1, 0.15) is 0 Å². The van der Waals surface area contributed by atoms with Gasteiger partial charge >= 0.3 is 6.18 Å². The molecule has 0 bridgehead atoms. The van der Waals surface area contributed by atoms with Crippen molar-refractivity contribution in [3.8, 4) is 0 Å². The number of anilines is 1. The van der Waals surface area contributed by atoms with Crippen LogP contribution in [0.4, 0.5) is 18.9 Å². The van der Waals surface area contributed by atoms with Crippen LogP contribution in [0.15, 0.2) is 18.2 Å². The molecule has 1 aromatic rings. The van der Waals surface area contributed by atoms with E-state index in [0.717, 1.165) is 37.9 Å². The minimum atomic E-state index is -4.39. The Labute approximate surface area is 102 Å². The fraction of sp³-hybridized carbons (Fsp3) is 0.455. The van der Waals surface area contributed by atoms with E-state index in [-0.39, 0.29) is 5.02 Å². The fourth-order valence-corrected chi connectivity index (χ4v) is 2.14. The zero-order chi connectivity index (χ0) is 12.5. The Kier molecular flexibility index (Phi) is 3.49. The summed E-state index contributed by atoms with van der Waals surface area (Å²) < 4.78 is 37.5. The first-order chi connectivity index (χ1) is 7.98. The second kappa shape index (κ2) is 4.74. The molecule has 0 unspecified atom stereocenters. The summed E-state index contributed by atoms with van der Waals surface area (Å²) in [6, 6.07) is 3.90. The molecule has 17 heavy (non-hydrogen) atoms. The minimum Gasteiger partial charge on any atom is -0.369 e. The van der Waals surface area contributed by atoms with Crippen LogP contribution in [0, 0.1) is 0 Å². The van der Waals surface area contributed by atoms with Gasteiger partial charge in [0.15, 0.2) is 0 Å². The van der Waals surface area contributed by atoms with Gasteiger partial charge in [-0.25, -0.2) is 0 Å². The minimum absolute atomic E-state index is 0.242. The van der Waals surface area contributed by atoms with Gasteiger partial charge in [-0.1, -0.05) is 11.6 Å². The maximum absolute atomic E-state index is 12.5. The van der Waals surface area contributed by atoms with Gasteiger partial charge < -0.3 is 10.2 Å². The molecule has 0 aromatic heterocycles. The molecule has 94 valence electrons. The lowest BCUT2D eigenvalue weighted by molar-refractivity contribution is -0.137. The molecule has 0 radical (unpaired) electrons. The molecule has 1 fully saturated rings. The van der Waals surface area contributed by atoms with E-state index < -0.39 is 11.7 Å². The second-order valence-electron chi connectivity index (χ2n) is 3.90. The van der Waals surface area contributed by atoms with E-state index in [4.69, 9.17) is 11.6 Å². The molecule has 1 heterocycles. The predicted molar refractivity (Wildman–Crippen MR) is 61.5 cm³/mol. The van der Waals surface area contributed by atoms with Gasteiger partial charge in [-0.2, -0.15) is 13.2 Å². The molecule has 0 saturated carbocycles. The molecule has 1 N–H and O–H groups in total. The number of nitrogens with one attached hydrogen (secondary N) is 1. The van der Waals surface area contributed by atoms with Crippen LogP contribution < -0.4 is 10.2 Å². The third-order valence-electron chi connectivity index (χ3n) is 2.74. The van der Waals surface area contributed by atoms with Crippen LogP contribution in [0.1, 0.15) is 5.56 Å². The Morgan fingerprint density at radius 2 is 1.82 bits per heavy atom. The number of rotatable bonds is 1. The first-order valence-electron chi connectivity index (χ1n) is 5.31. The van der Waals surface area contributed by atoms with Crippen molar-refractivity contribution in [2.24, 2.45) is 0 Å². The van der Waals surface area contributed by atoms with Gasteiger partial charge in [-0.15, -0.1) is 0 Å². The molecule has 0 amide bonds. The monoisotopic (exact) mass is 264 g/mol. The number of benzene rings is 1. The van der Waals surface area contributed by atoms with Crippen molar-refractivity contribution in [1.82, 2.24) is 5.32 Å². The van der Waals surface area contributed by atoms with Gasteiger partial charge in [0.25, 0.3) is 0 Å². The lowest BCUT2D eigenvalue weighted by Crippen LogP contribution is -2.43. The van der Waals surface area contributed by atoms with Gasteiger partial charge in [-0.3, -0.25) is 0 Å². The number of halogens is 4. The van der Waals surface area contributed by atoms with Crippen LogP contribution in [0.25, 0.3) is 0 Å². The number of alkyl halides is 3. The van der Waals surface area contributed by atoms with E-state index in [1.165, 1.54) is 12.1 Å². The highest BCUT2D eigenvalue weighted by Gasteiger charge is 2.33. The Morgan fingerprint density at radius 1 is 1.18 bits per heavy atom. The normalized spacial score (nSPS) is 17.3. The molecule has 1 aliphatic heterocycles. The molecule has 0 atom stereocenters. The van der Waals surface area contributed by atoms with E-state index in [2.05, 4.69) is 5.32 Å². The highest BCUT2D eigenvalue weighted by molar-refractivity contribution is 6.31. The zero-order valence-corrected chi connectivity index (χ0v) is 9.78.